The predicted molar refractivity (Wildman–Crippen MR) is 85.2 cm³/mol. The van der Waals surface area contributed by atoms with Crippen molar-refractivity contribution in [1.29, 1.82) is 0 Å². The highest BCUT2D eigenvalue weighted by Crippen LogP contribution is 2.19. The number of anilines is 1. The monoisotopic (exact) mass is 309 g/mol. The number of hydrogen-bond acceptors (Lipinski definition) is 5. The molecule has 0 saturated heterocycles. The summed E-state index contributed by atoms with van der Waals surface area (Å²) in [6.07, 6.45) is 0. The van der Waals surface area contributed by atoms with Gasteiger partial charge in [-0.15, -0.1) is 5.10 Å². The van der Waals surface area contributed by atoms with E-state index in [4.69, 9.17) is 4.74 Å². The lowest BCUT2D eigenvalue weighted by atomic mass is 10.1. The van der Waals surface area contributed by atoms with E-state index in [0.29, 0.717) is 17.1 Å². The smallest absolute Gasteiger partial charge is 0.255 e. The van der Waals surface area contributed by atoms with Crippen LogP contribution in [0.1, 0.15) is 10.4 Å². The first-order chi connectivity index (χ1) is 11.2. The third-order valence-electron chi connectivity index (χ3n) is 3.35. The summed E-state index contributed by atoms with van der Waals surface area (Å²) in [5, 5.41) is 14.2. The van der Waals surface area contributed by atoms with Crippen molar-refractivity contribution in [2.24, 2.45) is 7.05 Å². The number of methoxy groups -OCH3 is 1. The lowest BCUT2D eigenvalue weighted by molar-refractivity contribution is 0.102. The number of aryl methyl sites for hydroxylation is 1. The van der Waals surface area contributed by atoms with Crippen LogP contribution in [-0.2, 0) is 7.05 Å². The number of ether oxygens (including phenoxy) is 1. The minimum atomic E-state index is -0.202. The zero-order valence-electron chi connectivity index (χ0n) is 12.7. The van der Waals surface area contributed by atoms with E-state index in [0.717, 1.165) is 11.3 Å². The number of amides is 1. The molecular weight excluding hydrogens is 294 g/mol. The Labute approximate surface area is 132 Å². The molecule has 7 nitrogen and oxygen atoms in total. The Balaban J connectivity index is 1.81. The van der Waals surface area contributed by atoms with Crippen molar-refractivity contribution < 1.29 is 9.53 Å². The van der Waals surface area contributed by atoms with Gasteiger partial charge in [0.1, 0.15) is 5.75 Å². The van der Waals surface area contributed by atoms with E-state index in [1.807, 2.05) is 6.07 Å². The van der Waals surface area contributed by atoms with Crippen LogP contribution >= 0.6 is 0 Å². The molecule has 1 heterocycles. The number of benzene rings is 2. The van der Waals surface area contributed by atoms with Gasteiger partial charge in [-0.05, 0) is 46.8 Å². The molecule has 3 rings (SSSR count). The minimum absolute atomic E-state index is 0.202. The number of carbonyl (C=O) groups is 1. The van der Waals surface area contributed by atoms with Crippen LogP contribution in [0.3, 0.4) is 0 Å². The number of rotatable bonds is 4. The summed E-state index contributed by atoms with van der Waals surface area (Å²) in [5.41, 5.74) is 2.00. The fourth-order valence-corrected chi connectivity index (χ4v) is 2.15. The van der Waals surface area contributed by atoms with Crippen molar-refractivity contribution in [3.05, 3.63) is 54.1 Å². The zero-order valence-corrected chi connectivity index (χ0v) is 12.7. The molecular formula is C16H15N5O2. The molecule has 0 aliphatic rings. The fourth-order valence-electron chi connectivity index (χ4n) is 2.15. The van der Waals surface area contributed by atoms with Crippen molar-refractivity contribution in [2.45, 2.75) is 0 Å². The molecule has 7 heteroatoms. The third kappa shape index (κ3) is 3.18. The molecule has 0 aliphatic carbocycles. The first kappa shape index (κ1) is 14.7. The Morgan fingerprint density at radius 1 is 1.17 bits per heavy atom. The lowest BCUT2D eigenvalue weighted by Gasteiger charge is -2.07. The van der Waals surface area contributed by atoms with E-state index < -0.39 is 0 Å². The normalized spacial score (nSPS) is 10.3. The summed E-state index contributed by atoms with van der Waals surface area (Å²) < 4.78 is 6.65. The van der Waals surface area contributed by atoms with Gasteiger partial charge in [0.05, 0.1) is 7.11 Å². The van der Waals surface area contributed by atoms with E-state index >= 15 is 0 Å². The largest absolute Gasteiger partial charge is 0.497 e. The van der Waals surface area contributed by atoms with Crippen LogP contribution in [0.15, 0.2) is 48.5 Å². The molecule has 2 aromatic carbocycles. The summed E-state index contributed by atoms with van der Waals surface area (Å²) in [7, 11) is 3.35. The molecule has 0 bridgehead atoms. The van der Waals surface area contributed by atoms with Gasteiger partial charge in [0.15, 0.2) is 5.82 Å². The summed E-state index contributed by atoms with van der Waals surface area (Å²) in [6.45, 7) is 0. The molecule has 1 N–H and O–H groups in total. The second-order valence-corrected chi connectivity index (χ2v) is 4.89. The average molecular weight is 309 g/mol. The van der Waals surface area contributed by atoms with E-state index in [9.17, 15) is 4.79 Å². The lowest BCUT2D eigenvalue weighted by Crippen LogP contribution is -2.12. The molecule has 0 saturated carbocycles. The summed E-state index contributed by atoms with van der Waals surface area (Å²) in [5.74, 6) is 1.14. The molecule has 23 heavy (non-hydrogen) atoms. The molecule has 1 aromatic heterocycles. The number of nitrogens with zero attached hydrogens (tertiary/aromatic N) is 4. The minimum Gasteiger partial charge on any atom is -0.497 e. The van der Waals surface area contributed by atoms with Gasteiger partial charge in [-0.3, -0.25) is 4.79 Å². The van der Waals surface area contributed by atoms with Crippen molar-refractivity contribution in [1.82, 2.24) is 20.2 Å². The second-order valence-electron chi connectivity index (χ2n) is 4.89. The van der Waals surface area contributed by atoms with Gasteiger partial charge < -0.3 is 10.1 Å². The van der Waals surface area contributed by atoms with E-state index in [1.54, 1.807) is 61.3 Å². The van der Waals surface area contributed by atoms with Crippen LogP contribution < -0.4 is 10.1 Å². The maximum Gasteiger partial charge on any atom is 0.255 e. The van der Waals surface area contributed by atoms with Crippen LogP contribution in [-0.4, -0.2) is 33.2 Å². The average Bonchev–Trinajstić information content (AvgIpc) is 3.02. The molecule has 0 atom stereocenters. The SMILES string of the molecule is COc1ccc(NC(=O)c2cccc(-c3nnnn3C)c2)cc1. The van der Waals surface area contributed by atoms with Gasteiger partial charge in [0.2, 0.25) is 0 Å². The molecule has 0 aliphatic heterocycles. The van der Waals surface area contributed by atoms with Crippen LogP contribution in [0, 0.1) is 0 Å². The summed E-state index contributed by atoms with van der Waals surface area (Å²) in [6, 6.07) is 14.3. The van der Waals surface area contributed by atoms with E-state index in [2.05, 4.69) is 20.8 Å². The van der Waals surface area contributed by atoms with Crippen LogP contribution in [0.25, 0.3) is 11.4 Å². The number of tetrazole rings is 1. The summed E-state index contributed by atoms with van der Waals surface area (Å²) in [4.78, 5) is 12.4. The predicted octanol–water partition coefficient (Wildman–Crippen LogP) is 2.14. The van der Waals surface area contributed by atoms with Crippen molar-refractivity contribution in [3.63, 3.8) is 0 Å². The molecule has 0 unspecified atom stereocenters. The highest BCUT2D eigenvalue weighted by atomic mass is 16.5. The molecule has 0 radical (unpaired) electrons. The van der Waals surface area contributed by atoms with E-state index in [-0.39, 0.29) is 5.91 Å². The summed E-state index contributed by atoms with van der Waals surface area (Å²) >= 11 is 0. The molecule has 3 aromatic rings. The van der Waals surface area contributed by atoms with Crippen LogP contribution in [0.5, 0.6) is 5.75 Å². The van der Waals surface area contributed by atoms with Gasteiger partial charge in [-0.2, -0.15) is 0 Å². The fraction of sp³-hybridized carbons (Fsp3) is 0.125. The van der Waals surface area contributed by atoms with Crippen molar-refractivity contribution in [2.75, 3.05) is 12.4 Å². The first-order valence-electron chi connectivity index (χ1n) is 6.95. The maximum atomic E-state index is 12.4. The molecule has 1 amide bonds. The zero-order chi connectivity index (χ0) is 16.2. The topological polar surface area (TPSA) is 81.9 Å². The van der Waals surface area contributed by atoms with Gasteiger partial charge in [0.25, 0.3) is 5.91 Å². The quantitative estimate of drug-likeness (QED) is 0.798. The maximum absolute atomic E-state index is 12.4. The number of hydrogen-bond donors (Lipinski definition) is 1. The van der Waals surface area contributed by atoms with Crippen molar-refractivity contribution in [3.8, 4) is 17.1 Å². The Kier molecular flexibility index (Phi) is 4.01. The van der Waals surface area contributed by atoms with E-state index in [1.165, 1.54) is 0 Å². The second kappa shape index (κ2) is 6.27. The Morgan fingerprint density at radius 3 is 2.61 bits per heavy atom. The molecule has 0 spiro atoms. The van der Waals surface area contributed by atoms with Crippen LogP contribution in [0.2, 0.25) is 0 Å². The van der Waals surface area contributed by atoms with Gasteiger partial charge in [-0.25, -0.2) is 4.68 Å². The highest BCUT2D eigenvalue weighted by molar-refractivity contribution is 6.04. The van der Waals surface area contributed by atoms with Crippen molar-refractivity contribution >= 4 is 11.6 Å². The van der Waals surface area contributed by atoms with Gasteiger partial charge in [-0.1, -0.05) is 12.1 Å². The Hall–Kier alpha value is -3.22. The number of nitrogens with one attached hydrogen (secondary N) is 1. The van der Waals surface area contributed by atoms with Gasteiger partial charge in [0, 0.05) is 23.9 Å². The molecule has 116 valence electrons. The molecule has 0 fully saturated rings. The third-order valence-corrected chi connectivity index (χ3v) is 3.35. The Morgan fingerprint density at radius 2 is 1.96 bits per heavy atom. The number of aromatic nitrogens is 4. The van der Waals surface area contributed by atoms with Gasteiger partial charge >= 0.3 is 0 Å². The number of carbonyl (C=O) groups excluding carboxylic acids is 1. The Bertz CT molecular complexity index is 826. The highest BCUT2D eigenvalue weighted by Gasteiger charge is 2.11. The standard InChI is InChI=1S/C16H15N5O2/c1-21-15(18-19-20-21)11-4-3-5-12(10-11)16(22)17-13-6-8-14(23-2)9-7-13/h3-10H,1-2H3,(H,17,22). The first-order valence-corrected chi connectivity index (χ1v) is 6.95. The van der Waals surface area contributed by atoms with Crippen LogP contribution in [0.4, 0.5) is 5.69 Å².